The number of nitrogens with zero attached hydrogens (tertiary/aromatic N) is 1. The summed E-state index contributed by atoms with van der Waals surface area (Å²) in [7, 11) is 0. The first kappa shape index (κ1) is 36.4. The Morgan fingerprint density at radius 2 is 1.52 bits per heavy atom. The number of hydrogen-bond donors (Lipinski definition) is 3. The third kappa shape index (κ3) is 5.74. The molecule has 0 radical (unpaired) electrons. The Bertz CT molecular complexity index is 1260. The molecule has 4 saturated carbocycles. The van der Waals surface area contributed by atoms with Crippen LogP contribution in [0.4, 0.5) is 4.79 Å². The zero-order valence-corrected chi connectivity index (χ0v) is 32.1. The van der Waals surface area contributed by atoms with Gasteiger partial charge in [0, 0.05) is 31.5 Å². The number of likely N-dealkylation sites (tertiary alicyclic amines) is 1. The van der Waals surface area contributed by atoms with Crippen LogP contribution in [0.1, 0.15) is 140 Å². The summed E-state index contributed by atoms with van der Waals surface area (Å²) in [4.78, 5) is 27.4. The normalized spacial score (nSPS) is 45.9. The van der Waals surface area contributed by atoms with Gasteiger partial charge in [0.25, 0.3) is 0 Å². The zero-order chi connectivity index (χ0) is 35.5. The second kappa shape index (κ2) is 11.6. The van der Waals surface area contributed by atoms with Crippen molar-refractivity contribution < 1.29 is 29.3 Å². The van der Waals surface area contributed by atoms with Gasteiger partial charge in [-0.1, -0.05) is 34.6 Å². The monoisotopic (exact) mass is 673 g/mol. The maximum Gasteiger partial charge on any atom is 0.410 e. The molecule has 3 N–H and O–H groups in total. The van der Waals surface area contributed by atoms with Crippen molar-refractivity contribution in [1.29, 1.82) is 0 Å². The van der Waals surface area contributed by atoms with Crippen LogP contribution < -0.4 is 5.32 Å². The first-order chi connectivity index (χ1) is 21.9. The number of aliphatic hydroxyl groups is 2. The van der Waals surface area contributed by atoms with Gasteiger partial charge in [0.05, 0.1) is 23.4 Å². The van der Waals surface area contributed by atoms with Crippen molar-refractivity contribution in [3.63, 3.8) is 0 Å². The van der Waals surface area contributed by atoms with Crippen molar-refractivity contribution in [3.8, 4) is 0 Å². The van der Waals surface area contributed by atoms with Crippen LogP contribution in [0.25, 0.3) is 0 Å². The number of ether oxygens (including phenoxy) is 2. The number of nitrogens with one attached hydrogen (secondary N) is 1. The van der Waals surface area contributed by atoms with E-state index < -0.39 is 11.2 Å². The second-order valence-corrected chi connectivity index (χ2v) is 20.5. The maximum absolute atomic E-state index is 13.4. The molecule has 274 valence electrons. The van der Waals surface area contributed by atoms with E-state index in [4.69, 9.17) is 9.47 Å². The SMILES string of the molecule is CC(C)(C)OC(=O)N1CC(CC(=O)N[C@H]2CC[C@]3(C)[C@H]4C[C@@H](O)[C@@H]5[C@@H]([C@]6(C)CC[C@H](C(C)(C)O)O6)CC[C@@]5(C)[C@]4(C)CC[C@H]3C2(C)C)C1. The molecule has 8 nitrogen and oxygen atoms in total. The fourth-order valence-electron chi connectivity index (χ4n) is 13.0. The van der Waals surface area contributed by atoms with Gasteiger partial charge in [-0.05, 0) is 145 Å². The quantitative estimate of drug-likeness (QED) is 0.288. The van der Waals surface area contributed by atoms with E-state index in [0.29, 0.717) is 37.3 Å². The molecule has 6 fully saturated rings. The van der Waals surface area contributed by atoms with Crippen molar-refractivity contribution >= 4 is 12.0 Å². The zero-order valence-electron chi connectivity index (χ0n) is 32.1. The molecule has 0 unspecified atom stereocenters. The lowest BCUT2D eigenvalue weighted by molar-refractivity contribution is -0.240. The number of hydrogen-bond acceptors (Lipinski definition) is 6. The Balaban J connectivity index is 1.13. The maximum atomic E-state index is 13.4. The highest BCUT2D eigenvalue weighted by atomic mass is 16.6. The molecule has 0 aromatic carbocycles. The van der Waals surface area contributed by atoms with Gasteiger partial charge in [0.15, 0.2) is 0 Å². The highest BCUT2D eigenvalue weighted by Gasteiger charge is 2.72. The standard InChI is InChI=1S/C40H68N2O6/c1-34(2,3)48-33(45)42-22-24(23-42)20-31(44)41-29-14-16-37(8)27(35(29,4)5)13-18-38(9)28(37)21-26(43)32-25(12-17-39(32,38)10)40(11)19-15-30(47-40)36(6,7)46/h24-30,32,43,46H,12-23H2,1-11H3,(H,41,44)/t25-,26+,27-,28+,29-,30+,32-,37-,38+,39+,40-/m0/s1. The van der Waals surface area contributed by atoms with Gasteiger partial charge in [-0.25, -0.2) is 4.79 Å². The second-order valence-electron chi connectivity index (χ2n) is 20.5. The van der Waals surface area contributed by atoms with E-state index in [1.54, 1.807) is 4.90 Å². The van der Waals surface area contributed by atoms with E-state index >= 15 is 0 Å². The summed E-state index contributed by atoms with van der Waals surface area (Å²) in [6.07, 6.45) is 8.79. The van der Waals surface area contributed by atoms with E-state index in [2.05, 4.69) is 46.9 Å². The van der Waals surface area contributed by atoms with E-state index in [1.165, 1.54) is 0 Å². The van der Waals surface area contributed by atoms with Crippen molar-refractivity contribution in [2.45, 2.75) is 175 Å². The summed E-state index contributed by atoms with van der Waals surface area (Å²) in [5, 5.41) is 26.4. The van der Waals surface area contributed by atoms with Gasteiger partial charge >= 0.3 is 6.09 Å². The van der Waals surface area contributed by atoms with Crippen LogP contribution in [0, 0.1) is 51.2 Å². The van der Waals surface area contributed by atoms with Crippen LogP contribution in [-0.4, -0.2) is 75.3 Å². The lowest BCUT2D eigenvalue weighted by atomic mass is 9.35. The number of rotatable bonds is 5. The third-order valence-corrected chi connectivity index (χ3v) is 15.7. The van der Waals surface area contributed by atoms with Crippen LogP contribution >= 0.6 is 0 Å². The topological polar surface area (TPSA) is 108 Å². The van der Waals surface area contributed by atoms with Crippen LogP contribution in [0.3, 0.4) is 0 Å². The molecule has 2 saturated heterocycles. The van der Waals surface area contributed by atoms with E-state index in [-0.39, 0.29) is 69.3 Å². The minimum atomic E-state index is -0.861. The minimum absolute atomic E-state index is 0.0261. The summed E-state index contributed by atoms with van der Waals surface area (Å²) >= 11 is 0. The molecule has 48 heavy (non-hydrogen) atoms. The number of carbonyl (C=O) groups is 2. The molecule has 0 aromatic rings. The Labute approximate surface area is 290 Å². The fraction of sp³-hybridized carbons (Fsp3) is 0.950. The number of aliphatic hydroxyl groups excluding tert-OH is 1. The van der Waals surface area contributed by atoms with Crippen LogP contribution in [0.5, 0.6) is 0 Å². The van der Waals surface area contributed by atoms with Crippen LogP contribution in [0.2, 0.25) is 0 Å². The smallest absolute Gasteiger partial charge is 0.410 e. The molecular formula is C40H68N2O6. The third-order valence-electron chi connectivity index (χ3n) is 15.7. The molecule has 6 aliphatic rings. The Kier molecular flexibility index (Phi) is 8.77. The summed E-state index contributed by atoms with van der Waals surface area (Å²) in [6.45, 7) is 25.1. The predicted molar refractivity (Wildman–Crippen MR) is 187 cm³/mol. The summed E-state index contributed by atoms with van der Waals surface area (Å²) < 4.78 is 12.2. The van der Waals surface area contributed by atoms with E-state index in [0.717, 1.165) is 57.8 Å². The number of carbonyl (C=O) groups excluding carboxylic acids is 2. The van der Waals surface area contributed by atoms with E-state index in [9.17, 15) is 19.8 Å². The molecule has 11 atom stereocenters. The molecule has 0 spiro atoms. The molecule has 0 aromatic heterocycles. The van der Waals surface area contributed by atoms with E-state index in [1.807, 2.05) is 34.6 Å². The lowest BCUT2D eigenvalue weighted by Crippen LogP contribution is -2.67. The number of amides is 2. The van der Waals surface area contributed by atoms with Gasteiger partial charge in [0.1, 0.15) is 5.60 Å². The first-order valence-electron chi connectivity index (χ1n) is 19.3. The summed E-state index contributed by atoms with van der Waals surface area (Å²) in [5.41, 5.74) is -1.52. The fourth-order valence-corrected chi connectivity index (χ4v) is 13.0. The highest BCUT2D eigenvalue weighted by Crippen LogP contribution is 2.76. The van der Waals surface area contributed by atoms with Crippen molar-refractivity contribution in [2.24, 2.45) is 51.2 Å². The predicted octanol–water partition coefficient (Wildman–Crippen LogP) is 7.09. The van der Waals surface area contributed by atoms with Gasteiger partial charge in [-0.15, -0.1) is 0 Å². The van der Waals surface area contributed by atoms with Gasteiger partial charge < -0.3 is 29.9 Å². The molecule has 2 aliphatic heterocycles. The minimum Gasteiger partial charge on any atom is -0.444 e. The molecule has 2 heterocycles. The molecule has 6 rings (SSSR count). The van der Waals surface area contributed by atoms with Gasteiger partial charge in [-0.3, -0.25) is 4.79 Å². The Morgan fingerprint density at radius 1 is 0.875 bits per heavy atom. The Hall–Kier alpha value is -1.38. The van der Waals surface area contributed by atoms with Crippen molar-refractivity contribution in [2.75, 3.05) is 13.1 Å². The van der Waals surface area contributed by atoms with Gasteiger partial charge in [0.2, 0.25) is 5.91 Å². The van der Waals surface area contributed by atoms with Crippen molar-refractivity contribution in [3.05, 3.63) is 0 Å². The van der Waals surface area contributed by atoms with Crippen molar-refractivity contribution in [1.82, 2.24) is 10.2 Å². The molecule has 8 heteroatoms. The first-order valence-corrected chi connectivity index (χ1v) is 19.3. The largest absolute Gasteiger partial charge is 0.444 e. The lowest BCUT2D eigenvalue weighted by Gasteiger charge is -2.71. The molecule has 0 bridgehead atoms. The van der Waals surface area contributed by atoms with Crippen LogP contribution in [-0.2, 0) is 14.3 Å². The summed E-state index contributed by atoms with van der Waals surface area (Å²) in [6, 6.07) is 0.116. The average molecular weight is 673 g/mol. The summed E-state index contributed by atoms with van der Waals surface area (Å²) in [5.74, 6) is 1.65. The molecular weight excluding hydrogens is 604 g/mol. The molecule has 4 aliphatic carbocycles. The Morgan fingerprint density at radius 3 is 2.12 bits per heavy atom. The highest BCUT2D eigenvalue weighted by molar-refractivity contribution is 5.77. The van der Waals surface area contributed by atoms with Crippen LogP contribution in [0.15, 0.2) is 0 Å². The number of fused-ring (bicyclic) bond motifs is 5. The van der Waals surface area contributed by atoms with Gasteiger partial charge in [-0.2, -0.15) is 0 Å². The average Bonchev–Trinajstić information content (AvgIpc) is 3.51. The molecule has 2 amide bonds.